The van der Waals surface area contributed by atoms with Gasteiger partial charge in [0.05, 0.1) is 13.3 Å². The van der Waals surface area contributed by atoms with Crippen LogP contribution >= 0.6 is 0 Å². The van der Waals surface area contributed by atoms with Crippen LogP contribution in [0, 0.1) is 5.82 Å². The number of ether oxygens (including phenoxy) is 1. The number of rotatable bonds is 6. The van der Waals surface area contributed by atoms with Gasteiger partial charge in [-0.05, 0) is 23.8 Å². The van der Waals surface area contributed by atoms with Crippen molar-refractivity contribution < 1.29 is 27.9 Å². The van der Waals surface area contributed by atoms with Crippen molar-refractivity contribution in [2.24, 2.45) is 0 Å². The van der Waals surface area contributed by atoms with Gasteiger partial charge in [-0.25, -0.2) is 9.18 Å². The van der Waals surface area contributed by atoms with Gasteiger partial charge in [0.2, 0.25) is 6.41 Å². The number of nitrogens with zero attached hydrogens (tertiary/aromatic N) is 2. The largest absolute Gasteiger partial charge is 0.497 e. The van der Waals surface area contributed by atoms with E-state index in [9.17, 15) is 18.8 Å². The van der Waals surface area contributed by atoms with Crippen LogP contribution in [-0.4, -0.2) is 41.9 Å². The number of nitrogens with one attached hydrogen (secondary N) is 2. The maximum atomic E-state index is 14.0. The number of halogens is 1. The zero-order chi connectivity index (χ0) is 21.3. The normalized spacial score (nSPS) is 13.8. The predicted molar refractivity (Wildman–Crippen MR) is 102 cm³/mol. The maximum Gasteiger partial charge on any atom is 0.321 e. The quantitative estimate of drug-likeness (QED) is 0.600. The van der Waals surface area contributed by atoms with E-state index in [1.807, 2.05) is 5.32 Å². The minimum Gasteiger partial charge on any atom is -0.497 e. The number of imide groups is 1. The zero-order valence-corrected chi connectivity index (χ0v) is 15.8. The Morgan fingerprint density at radius 3 is 2.97 bits per heavy atom. The van der Waals surface area contributed by atoms with Gasteiger partial charge in [0.1, 0.15) is 17.6 Å². The highest BCUT2D eigenvalue weighted by atomic mass is 19.1. The number of furan rings is 1. The summed E-state index contributed by atoms with van der Waals surface area (Å²) in [6.07, 6.45) is 2.68. The third-order valence-corrected chi connectivity index (χ3v) is 4.84. The molecule has 1 aromatic carbocycles. The molecule has 0 bridgehead atoms. The standard InChI is InChI=1S/C20H17FN4O5/c1-29-13-3-2-11-8-25(19(27)14(11)5-13)9-16(24-20(28)23-10-26)17-4-12-6-22-7-15(21)18(12)30-17/h2-7,10,16H,8-9H2,1H3,(H2,23,24,26,28)/t16-/m0/s1. The van der Waals surface area contributed by atoms with Crippen LogP contribution in [0.4, 0.5) is 9.18 Å². The van der Waals surface area contributed by atoms with Crippen molar-refractivity contribution in [1.82, 2.24) is 20.5 Å². The molecule has 0 aliphatic carbocycles. The van der Waals surface area contributed by atoms with E-state index in [4.69, 9.17) is 9.15 Å². The van der Waals surface area contributed by atoms with Gasteiger partial charge in [-0.15, -0.1) is 0 Å². The molecule has 1 aliphatic rings. The number of urea groups is 1. The highest BCUT2D eigenvalue weighted by Gasteiger charge is 2.32. The molecule has 0 unspecified atom stereocenters. The minimum atomic E-state index is -0.836. The number of carbonyl (C=O) groups is 3. The van der Waals surface area contributed by atoms with Crippen LogP contribution in [0.5, 0.6) is 5.75 Å². The van der Waals surface area contributed by atoms with Gasteiger partial charge in [-0.2, -0.15) is 0 Å². The monoisotopic (exact) mass is 412 g/mol. The molecule has 9 nitrogen and oxygen atoms in total. The van der Waals surface area contributed by atoms with E-state index >= 15 is 0 Å². The summed E-state index contributed by atoms with van der Waals surface area (Å²) in [4.78, 5) is 40.7. The zero-order valence-electron chi connectivity index (χ0n) is 15.8. The highest BCUT2D eigenvalue weighted by Crippen LogP contribution is 2.30. The van der Waals surface area contributed by atoms with Crippen molar-refractivity contribution in [2.75, 3.05) is 13.7 Å². The SMILES string of the molecule is COc1ccc2c(c1)C(=O)N(C[C@H](NC(=O)NC=O)c1cc3cncc(F)c3o1)C2. The molecule has 0 radical (unpaired) electrons. The Labute approximate surface area is 169 Å². The number of carbonyl (C=O) groups excluding carboxylic acids is 3. The summed E-state index contributed by atoms with van der Waals surface area (Å²) in [7, 11) is 1.51. The fourth-order valence-corrected chi connectivity index (χ4v) is 3.42. The third-order valence-electron chi connectivity index (χ3n) is 4.84. The third kappa shape index (κ3) is 3.54. The van der Waals surface area contributed by atoms with E-state index in [2.05, 4.69) is 10.3 Å². The second kappa shape index (κ2) is 7.82. The number of methoxy groups -OCH3 is 1. The van der Waals surface area contributed by atoms with Gasteiger partial charge in [0.15, 0.2) is 11.4 Å². The number of amides is 4. The van der Waals surface area contributed by atoms with Crippen LogP contribution in [0.25, 0.3) is 11.0 Å². The molecule has 30 heavy (non-hydrogen) atoms. The number of hydrogen-bond acceptors (Lipinski definition) is 6. The van der Waals surface area contributed by atoms with Gasteiger partial charge in [0, 0.05) is 30.2 Å². The van der Waals surface area contributed by atoms with Crippen LogP contribution in [0.2, 0.25) is 0 Å². The van der Waals surface area contributed by atoms with Crippen LogP contribution in [0.3, 0.4) is 0 Å². The second-order valence-corrected chi connectivity index (χ2v) is 6.69. The molecule has 3 heterocycles. The van der Waals surface area contributed by atoms with Gasteiger partial charge in [-0.3, -0.25) is 19.9 Å². The lowest BCUT2D eigenvalue weighted by Crippen LogP contribution is -2.42. The maximum absolute atomic E-state index is 14.0. The molecular formula is C20H17FN4O5. The molecule has 3 aromatic rings. The lowest BCUT2D eigenvalue weighted by atomic mass is 10.1. The average molecular weight is 412 g/mol. The fraction of sp³-hybridized carbons (Fsp3) is 0.200. The Hall–Kier alpha value is -3.95. The summed E-state index contributed by atoms with van der Waals surface area (Å²) < 4.78 is 24.8. The molecular weight excluding hydrogens is 395 g/mol. The number of benzene rings is 1. The minimum absolute atomic E-state index is 0.0108. The molecule has 4 rings (SSSR count). The Morgan fingerprint density at radius 2 is 2.23 bits per heavy atom. The van der Waals surface area contributed by atoms with E-state index in [1.54, 1.807) is 18.2 Å². The molecule has 0 saturated carbocycles. The van der Waals surface area contributed by atoms with Crippen molar-refractivity contribution in [3.63, 3.8) is 0 Å². The first-order valence-corrected chi connectivity index (χ1v) is 9.00. The first-order valence-electron chi connectivity index (χ1n) is 9.00. The molecule has 0 fully saturated rings. The number of fused-ring (bicyclic) bond motifs is 2. The van der Waals surface area contributed by atoms with Crippen molar-refractivity contribution >= 4 is 29.3 Å². The van der Waals surface area contributed by atoms with Gasteiger partial charge >= 0.3 is 6.03 Å². The van der Waals surface area contributed by atoms with E-state index in [-0.39, 0.29) is 30.2 Å². The average Bonchev–Trinajstić information content (AvgIpc) is 3.30. The molecule has 154 valence electrons. The highest BCUT2D eigenvalue weighted by molar-refractivity contribution is 5.98. The van der Waals surface area contributed by atoms with E-state index in [0.717, 1.165) is 11.8 Å². The van der Waals surface area contributed by atoms with E-state index in [1.165, 1.54) is 24.3 Å². The van der Waals surface area contributed by atoms with Crippen LogP contribution in [0.1, 0.15) is 27.7 Å². The number of pyridine rings is 1. The Bertz CT molecular complexity index is 1150. The van der Waals surface area contributed by atoms with E-state index in [0.29, 0.717) is 23.2 Å². The summed E-state index contributed by atoms with van der Waals surface area (Å²) in [5, 5.41) is 4.97. The molecule has 0 saturated heterocycles. The molecule has 1 aliphatic heterocycles. The van der Waals surface area contributed by atoms with Crippen LogP contribution < -0.4 is 15.4 Å². The first-order chi connectivity index (χ1) is 14.5. The summed E-state index contributed by atoms with van der Waals surface area (Å²) in [5.74, 6) is -0.106. The molecule has 2 aromatic heterocycles. The van der Waals surface area contributed by atoms with Gasteiger partial charge in [0.25, 0.3) is 5.91 Å². The summed E-state index contributed by atoms with van der Waals surface area (Å²) in [6, 6.07) is 5.14. The lowest BCUT2D eigenvalue weighted by Gasteiger charge is -2.23. The van der Waals surface area contributed by atoms with Crippen LogP contribution in [0.15, 0.2) is 41.1 Å². The Kier molecular flexibility index (Phi) is 5.05. The Balaban J connectivity index is 1.63. The first kappa shape index (κ1) is 19.4. The number of aromatic nitrogens is 1. The topological polar surface area (TPSA) is 114 Å². The van der Waals surface area contributed by atoms with Crippen LogP contribution in [-0.2, 0) is 11.3 Å². The lowest BCUT2D eigenvalue weighted by molar-refractivity contribution is -0.108. The summed E-state index contributed by atoms with van der Waals surface area (Å²) in [6.45, 7) is 0.360. The molecule has 10 heteroatoms. The van der Waals surface area contributed by atoms with Gasteiger partial charge < -0.3 is 19.4 Å². The van der Waals surface area contributed by atoms with Crippen molar-refractivity contribution in [2.45, 2.75) is 12.6 Å². The molecule has 2 N–H and O–H groups in total. The Morgan fingerprint density at radius 1 is 1.40 bits per heavy atom. The van der Waals surface area contributed by atoms with Crippen molar-refractivity contribution in [1.29, 1.82) is 0 Å². The van der Waals surface area contributed by atoms with Gasteiger partial charge in [-0.1, -0.05) is 6.07 Å². The molecule has 0 spiro atoms. The predicted octanol–water partition coefficient (Wildman–Crippen LogP) is 2.13. The fourth-order valence-electron chi connectivity index (χ4n) is 3.42. The number of hydrogen-bond donors (Lipinski definition) is 2. The molecule has 4 amide bonds. The summed E-state index contributed by atoms with van der Waals surface area (Å²) in [5.41, 5.74) is 1.31. The van der Waals surface area contributed by atoms with E-state index < -0.39 is 17.9 Å². The molecule has 1 atom stereocenters. The van der Waals surface area contributed by atoms with Crippen molar-refractivity contribution in [3.05, 3.63) is 59.4 Å². The smallest absolute Gasteiger partial charge is 0.321 e. The van der Waals surface area contributed by atoms with Crippen molar-refractivity contribution in [3.8, 4) is 5.75 Å². The summed E-state index contributed by atoms with van der Waals surface area (Å²) >= 11 is 0. The second-order valence-electron chi connectivity index (χ2n) is 6.69.